The van der Waals surface area contributed by atoms with Crippen molar-refractivity contribution >= 4 is 5.91 Å². The number of rotatable bonds is 5. The van der Waals surface area contributed by atoms with Crippen LogP contribution in [-0.2, 0) is 4.79 Å². The van der Waals surface area contributed by atoms with Crippen LogP contribution in [-0.4, -0.2) is 41.1 Å². The van der Waals surface area contributed by atoms with Gasteiger partial charge in [0.2, 0.25) is 5.91 Å². The van der Waals surface area contributed by atoms with E-state index in [4.69, 9.17) is 0 Å². The summed E-state index contributed by atoms with van der Waals surface area (Å²) in [6, 6.07) is 10.4. The summed E-state index contributed by atoms with van der Waals surface area (Å²) >= 11 is 0. The second kappa shape index (κ2) is 8.81. The van der Waals surface area contributed by atoms with E-state index < -0.39 is 6.10 Å². The van der Waals surface area contributed by atoms with Crippen molar-refractivity contribution in [2.45, 2.75) is 70.1 Å². The Morgan fingerprint density at radius 1 is 1.12 bits per heavy atom. The van der Waals surface area contributed by atoms with Crippen LogP contribution in [0, 0.1) is 5.92 Å². The van der Waals surface area contributed by atoms with Gasteiger partial charge in [-0.15, -0.1) is 0 Å². The van der Waals surface area contributed by atoms with Crippen molar-refractivity contribution in [3.63, 3.8) is 0 Å². The fourth-order valence-corrected chi connectivity index (χ4v) is 4.23. The Balaban J connectivity index is 1.39. The molecular formula is C21H32N2O2. The van der Waals surface area contributed by atoms with Crippen LogP contribution in [0.1, 0.15) is 63.5 Å². The molecular weight excluding hydrogens is 312 g/mol. The third-order valence-electron chi connectivity index (χ3n) is 5.96. The molecule has 1 unspecified atom stereocenters. The Bertz CT molecular complexity index is 532. The second-order valence-corrected chi connectivity index (χ2v) is 7.92. The fraction of sp³-hybridized carbons (Fsp3) is 0.667. The Morgan fingerprint density at radius 3 is 2.40 bits per heavy atom. The highest BCUT2D eigenvalue weighted by Gasteiger charge is 2.28. The van der Waals surface area contributed by atoms with Crippen LogP contribution in [0.4, 0.5) is 0 Å². The average Bonchev–Trinajstić information content (AvgIpc) is 2.64. The van der Waals surface area contributed by atoms with Crippen LogP contribution >= 0.6 is 0 Å². The van der Waals surface area contributed by atoms with Crippen LogP contribution in [0.25, 0.3) is 0 Å². The zero-order valence-electron chi connectivity index (χ0n) is 15.4. The minimum atomic E-state index is -0.715. The highest BCUT2D eigenvalue weighted by Crippen LogP contribution is 2.27. The zero-order chi connectivity index (χ0) is 17.6. The molecule has 0 spiro atoms. The van der Waals surface area contributed by atoms with Crippen LogP contribution in [0.3, 0.4) is 0 Å². The lowest BCUT2D eigenvalue weighted by molar-refractivity contribution is -0.124. The maximum absolute atomic E-state index is 12.2. The highest BCUT2D eigenvalue weighted by atomic mass is 16.3. The topological polar surface area (TPSA) is 52.6 Å². The normalized spacial score (nSPS) is 27.0. The van der Waals surface area contributed by atoms with Gasteiger partial charge in [0.05, 0.1) is 12.5 Å². The molecule has 0 aromatic heterocycles. The van der Waals surface area contributed by atoms with Gasteiger partial charge < -0.3 is 15.3 Å². The van der Waals surface area contributed by atoms with Gasteiger partial charge in [-0.3, -0.25) is 4.79 Å². The van der Waals surface area contributed by atoms with Gasteiger partial charge >= 0.3 is 0 Å². The van der Waals surface area contributed by atoms with Gasteiger partial charge in [0.15, 0.2) is 0 Å². The molecule has 2 fully saturated rings. The van der Waals surface area contributed by atoms with E-state index in [2.05, 4.69) is 17.1 Å². The second-order valence-electron chi connectivity index (χ2n) is 7.92. The Morgan fingerprint density at radius 2 is 1.76 bits per heavy atom. The third kappa shape index (κ3) is 5.29. The lowest BCUT2D eigenvalue weighted by Crippen LogP contribution is -2.46. The minimum absolute atomic E-state index is 0.0356. The maximum Gasteiger partial charge on any atom is 0.223 e. The van der Waals surface area contributed by atoms with E-state index in [-0.39, 0.29) is 18.4 Å². The van der Waals surface area contributed by atoms with E-state index in [0.717, 1.165) is 24.3 Å². The van der Waals surface area contributed by atoms with Crippen LogP contribution in [0.5, 0.6) is 0 Å². The number of aliphatic hydroxyl groups excluding tert-OH is 1. The van der Waals surface area contributed by atoms with Gasteiger partial charge in [-0.25, -0.2) is 0 Å². The third-order valence-corrected chi connectivity index (χ3v) is 5.96. The predicted octanol–water partition coefficient (Wildman–Crippen LogP) is 3.27. The number of hydrogen-bond donors (Lipinski definition) is 2. The molecule has 25 heavy (non-hydrogen) atoms. The molecule has 4 heteroatoms. The van der Waals surface area contributed by atoms with Gasteiger partial charge in [-0.2, -0.15) is 0 Å². The fourth-order valence-electron chi connectivity index (χ4n) is 4.23. The SMILES string of the molecule is CC1CCN(C2CCC(NC(=O)CC(O)c3ccccc3)CC2)CC1. The van der Waals surface area contributed by atoms with Gasteiger partial charge in [-0.05, 0) is 63.1 Å². The molecule has 4 nitrogen and oxygen atoms in total. The Hall–Kier alpha value is -1.39. The number of aliphatic hydroxyl groups is 1. The first-order valence-electron chi connectivity index (χ1n) is 9.88. The number of nitrogens with one attached hydrogen (secondary N) is 1. The average molecular weight is 344 g/mol. The quantitative estimate of drug-likeness (QED) is 0.862. The molecule has 1 aromatic rings. The molecule has 0 radical (unpaired) electrons. The summed E-state index contributed by atoms with van der Waals surface area (Å²) in [5.41, 5.74) is 0.806. The van der Waals surface area contributed by atoms with Crippen LogP contribution in [0.15, 0.2) is 30.3 Å². The molecule has 2 aliphatic rings. The number of carbonyl (C=O) groups excluding carboxylic acids is 1. The van der Waals surface area contributed by atoms with Gasteiger partial charge in [-0.1, -0.05) is 37.3 Å². The number of carbonyl (C=O) groups is 1. The van der Waals surface area contributed by atoms with Crippen molar-refractivity contribution in [1.29, 1.82) is 0 Å². The van der Waals surface area contributed by atoms with Crippen molar-refractivity contribution < 1.29 is 9.90 Å². The summed E-state index contributed by atoms with van der Waals surface area (Å²) in [7, 11) is 0. The van der Waals surface area contributed by atoms with E-state index in [1.165, 1.54) is 38.8 Å². The van der Waals surface area contributed by atoms with Crippen molar-refractivity contribution in [1.82, 2.24) is 10.2 Å². The smallest absolute Gasteiger partial charge is 0.223 e. The number of benzene rings is 1. The standard InChI is InChI=1S/C21H32N2O2/c1-16-11-13-23(14-12-16)19-9-7-18(8-10-19)22-21(25)15-20(24)17-5-3-2-4-6-17/h2-6,16,18-20,24H,7-15H2,1H3,(H,22,25). The summed E-state index contributed by atoms with van der Waals surface area (Å²) in [6.45, 7) is 4.84. The largest absolute Gasteiger partial charge is 0.388 e. The summed E-state index contributed by atoms with van der Waals surface area (Å²) in [4.78, 5) is 14.9. The predicted molar refractivity (Wildman–Crippen MR) is 100 cm³/mol. The van der Waals surface area contributed by atoms with E-state index in [9.17, 15) is 9.90 Å². The Kier molecular flexibility index (Phi) is 6.49. The molecule has 0 bridgehead atoms. The molecule has 1 saturated carbocycles. The molecule has 2 N–H and O–H groups in total. The van der Waals surface area contributed by atoms with Crippen molar-refractivity contribution in [3.8, 4) is 0 Å². The summed E-state index contributed by atoms with van der Waals surface area (Å²) in [5.74, 6) is 0.842. The van der Waals surface area contributed by atoms with Crippen LogP contribution < -0.4 is 5.32 Å². The summed E-state index contributed by atoms with van der Waals surface area (Å²) in [5, 5.41) is 13.3. The highest BCUT2D eigenvalue weighted by molar-refractivity contribution is 5.77. The zero-order valence-corrected chi connectivity index (χ0v) is 15.4. The lowest BCUT2D eigenvalue weighted by Gasteiger charge is -2.40. The first kappa shape index (κ1) is 18.4. The van der Waals surface area contributed by atoms with Gasteiger partial charge in [0, 0.05) is 12.1 Å². The molecule has 1 amide bonds. The van der Waals surface area contributed by atoms with E-state index in [0.29, 0.717) is 6.04 Å². The summed E-state index contributed by atoms with van der Waals surface area (Å²) in [6.07, 6.45) is 6.57. The van der Waals surface area contributed by atoms with Crippen LogP contribution in [0.2, 0.25) is 0 Å². The number of hydrogen-bond acceptors (Lipinski definition) is 3. The molecule has 1 aromatic carbocycles. The summed E-state index contributed by atoms with van der Waals surface area (Å²) < 4.78 is 0. The Labute approximate surface area is 151 Å². The maximum atomic E-state index is 12.2. The molecule has 1 saturated heterocycles. The van der Waals surface area contributed by atoms with E-state index >= 15 is 0 Å². The first-order valence-corrected chi connectivity index (χ1v) is 9.88. The molecule has 1 heterocycles. The molecule has 3 rings (SSSR count). The number of likely N-dealkylation sites (tertiary alicyclic amines) is 1. The minimum Gasteiger partial charge on any atom is -0.388 e. The van der Waals surface area contributed by atoms with E-state index in [1.54, 1.807) is 0 Å². The first-order chi connectivity index (χ1) is 12.1. The van der Waals surface area contributed by atoms with Crippen molar-refractivity contribution in [2.24, 2.45) is 5.92 Å². The molecule has 1 aliphatic heterocycles. The van der Waals surface area contributed by atoms with Crippen molar-refractivity contribution in [3.05, 3.63) is 35.9 Å². The van der Waals surface area contributed by atoms with Gasteiger partial charge in [0.1, 0.15) is 0 Å². The molecule has 1 atom stereocenters. The van der Waals surface area contributed by atoms with Gasteiger partial charge in [0.25, 0.3) is 0 Å². The number of amides is 1. The molecule has 138 valence electrons. The number of nitrogens with zero attached hydrogens (tertiary/aromatic N) is 1. The number of piperidine rings is 1. The van der Waals surface area contributed by atoms with E-state index in [1.807, 2.05) is 30.3 Å². The monoisotopic (exact) mass is 344 g/mol. The lowest BCUT2D eigenvalue weighted by atomic mass is 9.88. The van der Waals surface area contributed by atoms with Crippen molar-refractivity contribution in [2.75, 3.05) is 13.1 Å². The molecule has 1 aliphatic carbocycles.